The number of nitrogens with zero attached hydrogens (tertiary/aromatic N) is 3. The fourth-order valence-electron chi connectivity index (χ4n) is 3.94. The molecule has 1 aliphatic rings. The van der Waals surface area contributed by atoms with Crippen molar-refractivity contribution >= 4 is 34.3 Å². The molecule has 2 aromatic heterocycles. The van der Waals surface area contributed by atoms with Crippen LogP contribution in [0.2, 0.25) is 0 Å². The lowest BCUT2D eigenvalue weighted by molar-refractivity contribution is -0.137. The van der Waals surface area contributed by atoms with E-state index < -0.39 is 23.5 Å². The number of carbonyl (C=O) groups is 2. The third-order valence-corrected chi connectivity index (χ3v) is 5.90. The molecule has 2 aromatic carbocycles. The average Bonchev–Trinajstić information content (AvgIpc) is 3.34. The Hall–Kier alpha value is -4.72. The highest BCUT2D eigenvalue weighted by molar-refractivity contribution is 6.11. The Morgan fingerprint density at radius 3 is 2.49 bits per heavy atom. The average molecular weight is 543 g/mol. The van der Waals surface area contributed by atoms with Crippen LogP contribution in [-0.4, -0.2) is 58.2 Å². The summed E-state index contributed by atoms with van der Waals surface area (Å²) in [5.41, 5.74) is -1.27. The first-order valence-corrected chi connectivity index (χ1v) is 11.7. The van der Waals surface area contributed by atoms with E-state index in [-0.39, 0.29) is 45.6 Å². The van der Waals surface area contributed by atoms with Gasteiger partial charge in [0.2, 0.25) is 0 Å². The number of fused-ring (bicyclic) bond motifs is 1. The van der Waals surface area contributed by atoms with Gasteiger partial charge in [-0.3, -0.25) is 15.2 Å². The summed E-state index contributed by atoms with van der Waals surface area (Å²) in [7, 11) is 0. The fraction of sp³-hybridized carbons (Fsp3) is 0.200. The first-order chi connectivity index (χ1) is 18.7. The number of H-pyrrole nitrogens is 1. The number of hydrogen-bond donors (Lipinski definition) is 4. The number of benzene rings is 2. The van der Waals surface area contributed by atoms with Crippen molar-refractivity contribution in [2.75, 3.05) is 36.8 Å². The summed E-state index contributed by atoms with van der Waals surface area (Å²) in [5, 5.41) is 14.4. The Morgan fingerprint density at radius 2 is 1.74 bits per heavy atom. The van der Waals surface area contributed by atoms with E-state index in [1.807, 2.05) is 0 Å². The second-order valence-electron chi connectivity index (χ2n) is 8.57. The first-order valence-electron chi connectivity index (χ1n) is 11.7. The second kappa shape index (κ2) is 10.6. The van der Waals surface area contributed by atoms with Crippen molar-refractivity contribution in [1.29, 1.82) is 0 Å². The summed E-state index contributed by atoms with van der Waals surface area (Å²) in [6, 6.07) is 9.19. The van der Waals surface area contributed by atoms with Crippen LogP contribution in [0.4, 0.5) is 33.9 Å². The number of hydrogen-bond acceptors (Lipinski definition) is 6. The number of piperazine rings is 1. The third kappa shape index (κ3) is 5.90. The highest BCUT2D eigenvalue weighted by Crippen LogP contribution is 2.32. The van der Waals surface area contributed by atoms with Crippen molar-refractivity contribution in [3.05, 3.63) is 71.8 Å². The molecule has 0 atom stereocenters. The van der Waals surface area contributed by atoms with Gasteiger partial charge in [-0.15, -0.1) is 0 Å². The molecule has 4 N–H and O–H groups in total. The minimum Gasteiger partial charge on any atom is -0.457 e. The van der Waals surface area contributed by atoms with Gasteiger partial charge < -0.3 is 20.3 Å². The van der Waals surface area contributed by atoms with E-state index in [0.29, 0.717) is 26.2 Å². The molecule has 202 valence electrons. The number of anilines is 2. The molecule has 14 heteroatoms. The third-order valence-electron chi connectivity index (χ3n) is 5.90. The van der Waals surface area contributed by atoms with Crippen LogP contribution in [0.25, 0.3) is 10.9 Å². The number of ether oxygens (including phenoxy) is 1. The van der Waals surface area contributed by atoms with Gasteiger partial charge in [0.05, 0.1) is 16.8 Å². The van der Waals surface area contributed by atoms with Crippen LogP contribution in [0.1, 0.15) is 16.1 Å². The molecule has 3 amide bonds. The van der Waals surface area contributed by atoms with Gasteiger partial charge in [0.1, 0.15) is 23.1 Å². The molecule has 4 aromatic rings. The predicted molar refractivity (Wildman–Crippen MR) is 133 cm³/mol. The molecule has 10 nitrogen and oxygen atoms in total. The van der Waals surface area contributed by atoms with E-state index in [4.69, 9.17) is 4.74 Å². The largest absolute Gasteiger partial charge is 0.457 e. The zero-order valence-electron chi connectivity index (χ0n) is 20.1. The van der Waals surface area contributed by atoms with Crippen LogP contribution < -0.4 is 20.7 Å². The maximum atomic E-state index is 14.8. The molecule has 3 heterocycles. The second-order valence-corrected chi connectivity index (χ2v) is 8.57. The number of nitrogens with one attached hydrogen (secondary N) is 4. The molecule has 0 spiro atoms. The smallest absolute Gasteiger partial charge is 0.416 e. The molecule has 0 bridgehead atoms. The molecule has 0 aliphatic carbocycles. The van der Waals surface area contributed by atoms with Crippen LogP contribution in [0.15, 0.2) is 54.7 Å². The number of halogens is 4. The molecule has 1 fully saturated rings. The van der Waals surface area contributed by atoms with Crippen LogP contribution in [0.5, 0.6) is 11.5 Å². The van der Waals surface area contributed by atoms with Gasteiger partial charge in [-0.05, 0) is 36.4 Å². The standard InChI is InChI=1S/C25H21F4N7O3/c26-18-12-15(39-16-5-6-31-21(13-16)33-24(38)36-9-7-30-8-10-36)2-4-20(18)32-23(37)22-17-11-14(25(27,28)29)1-3-19(17)34-35-22/h1-6,11-13,30H,7-10H2,(H,32,37)(H,34,35)(H,31,33,38). The van der Waals surface area contributed by atoms with Crippen molar-refractivity contribution in [2.45, 2.75) is 6.18 Å². The predicted octanol–water partition coefficient (Wildman–Crippen LogP) is 4.60. The normalized spacial score (nSPS) is 13.8. The quantitative estimate of drug-likeness (QED) is 0.273. The monoisotopic (exact) mass is 543 g/mol. The number of carbonyl (C=O) groups excluding carboxylic acids is 2. The molecular formula is C25H21F4N7O3. The fourth-order valence-corrected chi connectivity index (χ4v) is 3.94. The highest BCUT2D eigenvalue weighted by Gasteiger charge is 2.31. The topological polar surface area (TPSA) is 124 Å². The summed E-state index contributed by atoms with van der Waals surface area (Å²) >= 11 is 0. The van der Waals surface area contributed by atoms with Gasteiger partial charge in [-0.25, -0.2) is 14.2 Å². The van der Waals surface area contributed by atoms with Crippen LogP contribution in [0.3, 0.4) is 0 Å². The molecule has 1 aliphatic heterocycles. The number of aromatic nitrogens is 3. The Balaban J connectivity index is 1.26. The molecule has 39 heavy (non-hydrogen) atoms. The molecular weight excluding hydrogens is 522 g/mol. The van der Waals surface area contributed by atoms with E-state index in [9.17, 15) is 27.2 Å². The van der Waals surface area contributed by atoms with E-state index >= 15 is 0 Å². The van der Waals surface area contributed by atoms with Gasteiger partial charge in [-0.2, -0.15) is 18.3 Å². The number of alkyl halides is 3. The minimum absolute atomic E-state index is 0.0553. The Bertz CT molecular complexity index is 1530. The number of aromatic amines is 1. The highest BCUT2D eigenvalue weighted by atomic mass is 19.4. The lowest BCUT2D eigenvalue weighted by atomic mass is 10.1. The van der Waals surface area contributed by atoms with Crippen LogP contribution >= 0.6 is 0 Å². The molecule has 0 unspecified atom stereocenters. The van der Waals surface area contributed by atoms with E-state index in [0.717, 1.165) is 24.3 Å². The first kappa shape index (κ1) is 25.9. The van der Waals surface area contributed by atoms with Gasteiger partial charge in [0.15, 0.2) is 5.69 Å². The van der Waals surface area contributed by atoms with E-state index in [2.05, 4.69) is 31.1 Å². The number of amides is 3. The van der Waals surface area contributed by atoms with Crippen molar-refractivity contribution in [3.8, 4) is 11.5 Å². The molecule has 1 saturated heterocycles. The van der Waals surface area contributed by atoms with Crippen LogP contribution in [-0.2, 0) is 6.18 Å². The lowest BCUT2D eigenvalue weighted by Gasteiger charge is -2.27. The van der Waals surface area contributed by atoms with Gasteiger partial charge in [-0.1, -0.05) is 0 Å². The Kier molecular flexibility index (Phi) is 7.02. The number of pyridine rings is 1. The van der Waals surface area contributed by atoms with Crippen molar-refractivity contribution in [3.63, 3.8) is 0 Å². The summed E-state index contributed by atoms with van der Waals surface area (Å²) in [5.74, 6) is -1.12. The number of rotatable bonds is 5. The Labute approximate surface area is 218 Å². The summed E-state index contributed by atoms with van der Waals surface area (Å²) < 4.78 is 59.7. The van der Waals surface area contributed by atoms with Crippen molar-refractivity contribution < 1.29 is 31.9 Å². The SMILES string of the molecule is O=C(Nc1ccc(Oc2ccnc(NC(=O)N3CCNCC3)c2)cc1F)c1n[nH]c2ccc(C(F)(F)F)cc12. The van der Waals surface area contributed by atoms with E-state index in [1.54, 1.807) is 4.90 Å². The molecule has 0 saturated carbocycles. The van der Waals surface area contributed by atoms with E-state index in [1.165, 1.54) is 30.5 Å². The van der Waals surface area contributed by atoms with Crippen LogP contribution in [0, 0.1) is 5.82 Å². The van der Waals surface area contributed by atoms with Gasteiger partial charge >= 0.3 is 12.2 Å². The molecule has 5 rings (SSSR count). The van der Waals surface area contributed by atoms with Crippen molar-refractivity contribution in [2.24, 2.45) is 0 Å². The summed E-state index contributed by atoms with van der Waals surface area (Å²) in [6.07, 6.45) is -3.18. The Morgan fingerprint density at radius 1 is 0.974 bits per heavy atom. The summed E-state index contributed by atoms with van der Waals surface area (Å²) in [6.45, 7) is 2.52. The van der Waals surface area contributed by atoms with Gasteiger partial charge in [0, 0.05) is 49.9 Å². The minimum atomic E-state index is -4.60. The number of urea groups is 1. The summed E-state index contributed by atoms with van der Waals surface area (Å²) in [4.78, 5) is 30.8. The zero-order chi connectivity index (χ0) is 27.6. The van der Waals surface area contributed by atoms with Gasteiger partial charge in [0.25, 0.3) is 5.91 Å². The lowest BCUT2D eigenvalue weighted by Crippen LogP contribution is -2.48. The molecule has 0 radical (unpaired) electrons. The maximum Gasteiger partial charge on any atom is 0.416 e. The zero-order valence-corrected chi connectivity index (χ0v) is 20.1. The van der Waals surface area contributed by atoms with Crippen molar-refractivity contribution in [1.82, 2.24) is 25.4 Å². The maximum absolute atomic E-state index is 14.8.